The predicted octanol–water partition coefficient (Wildman–Crippen LogP) is 5.69. The van der Waals surface area contributed by atoms with Gasteiger partial charge in [0.05, 0.1) is 17.9 Å². The average molecular weight is 655 g/mol. The Hall–Kier alpha value is -3.67. The number of nitrogens with zero attached hydrogens (tertiary/aromatic N) is 5. The number of aliphatic imine (C=N–C) groups is 1. The number of nitriles is 1. The molecule has 3 heterocycles. The number of ether oxygens (including phenoxy) is 2. The van der Waals surface area contributed by atoms with Crippen molar-refractivity contribution in [1.29, 1.82) is 5.26 Å². The molecule has 3 aliphatic rings. The quantitative estimate of drug-likeness (QED) is 0.207. The summed E-state index contributed by atoms with van der Waals surface area (Å²) in [7, 11) is -1.29. The van der Waals surface area contributed by atoms with Gasteiger partial charge in [0.25, 0.3) is 5.23 Å². The van der Waals surface area contributed by atoms with E-state index in [1.54, 1.807) is 6.92 Å². The standard InChI is InChI=1S/C31H36F2N6O4SSi/c1-30(22-13-20(7-8-23(22)32)14-24(33)25-18-35-21(16-34)17-36-25)26-15-31(26,27(40)39-9-5-6-10-39)44-29(38-30)43-28(41)37-19-42-11-12-45(2,3)4/h7-8,13-14,17-18,26H,5-6,9-12,15,19H2,1-4H3,(H,37,41)/b24-14-/t26-,30+,31-/m0/s1. The average Bonchev–Trinajstić information content (AvgIpc) is 3.51. The van der Waals surface area contributed by atoms with E-state index in [4.69, 9.17) is 19.7 Å². The number of rotatable bonds is 9. The molecular weight excluding hydrogens is 619 g/mol. The third-order valence-corrected chi connectivity index (χ3v) is 11.3. The maximum atomic E-state index is 15.6. The van der Waals surface area contributed by atoms with Gasteiger partial charge in [0, 0.05) is 39.3 Å². The second kappa shape index (κ2) is 13.0. The predicted molar refractivity (Wildman–Crippen MR) is 170 cm³/mol. The summed E-state index contributed by atoms with van der Waals surface area (Å²) in [6.45, 7) is 10.1. The van der Waals surface area contributed by atoms with E-state index in [1.165, 1.54) is 24.3 Å². The van der Waals surface area contributed by atoms with Crippen molar-refractivity contribution in [3.8, 4) is 6.07 Å². The zero-order valence-corrected chi connectivity index (χ0v) is 27.5. The minimum atomic E-state index is -1.29. The van der Waals surface area contributed by atoms with Crippen molar-refractivity contribution >= 4 is 49.0 Å². The number of halogens is 2. The van der Waals surface area contributed by atoms with Crippen LogP contribution in [0.1, 0.15) is 48.7 Å². The Labute approximate surface area is 266 Å². The number of likely N-dealkylation sites (tertiary alicyclic amines) is 1. The van der Waals surface area contributed by atoms with Crippen LogP contribution in [0.2, 0.25) is 25.7 Å². The van der Waals surface area contributed by atoms with Gasteiger partial charge in [-0.3, -0.25) is 10.1 Å². The van der Waals surface area contributed by atoms with Gasteiger partial charge in [-0.05, 0) is 67.8 Å². The molecule has 1 N–H and O–H groups in total. The molecule has 2 aliphatic heterocycles. The maximum absolute atomic E-state index is 15.6. The number of nitrogens with one attached hydrogen (secondary N) is 1. The highest BCUT2D eigenvalue weighted by Gasteiger charge is 2.72. The van der Waals surface area contributed by atoms with E-state index in [1.807, 2.05) is 11.0 Å². The van der Waals surface area contributed by atoms with Crippen LogP contribution in [0.15, 0.2) is 35.6 Å². The Bertz CT molecular complexity index is 1570. The van der Waals surface area contributed by atoms with E-state index < -0.39 is 36.1 Å². The van der Waals surface area contributed by atoms with Crippen LogP contribution in [-0.2, 0) is 19.8 Å². The lowest BCUT2D eigenvalue weighted by Gasteiger charge is -2.35. The Morgan fingerprint density at radius 1 is 1.24 bits per heavy atom. The van der Waals surface area contributed by atoms with Gasteiger partial charge in [0.2, 0.25) is 5.91 Å². The molecule has 2 aromatic rings. The summed E-state index contributed by atoms with van der Waals surface area (Å²) in [6, 6.07) is 6.90. The number of aromatic nitrogens is 2. The van der Waals surface area contributed by atoms with Gasteiger partial charge in [0.15, 0.2) is 11.5 Å². The first-order valence-corrected chi connectivity index (χ1v) is 19.4. The SMILES string of the molecule is C[C@]1(c2cc(/C=C(\F)c3cnc(C#N)cn3)ccc2F)N=C(OC(=O)NCOCC[Si](C)(C)C)S[C@@]2(C(=O)N3CCCC3)C[C@H]21. The third-order valence-electron chi connectivity index (χ3n) is 8.27. The minimum absolute atomic E-state index is 0.0437. The molecule has 1 saturated carbocycles. The van der Waals surface area contributed by atoms with Crippen LogP contribution in [0.25, 0.3) is 11.9 Å². The van der Waals surface area contributed by atoms with Crippen LogP contribution >= 0.6 is 11.8 Å². The van der Waals surface area contributed by atoms with E-state index in [0.29, 0.717) is 31.7 Å². The monoisotopic (exact) mass is 654 g/mol. The van der Waals surface area contributed by atoms with Gasteiger partial charge in [-0.15, -0.1) is 0 Å². The normalized spacial score (nSPS) is 24.4. The molecule has 10 nitrogen and oxygen atoms in total. The summed E-state index contributed by atoms with van der Waals surface area (Å²) in [5.74, 6) is -1.77. The molecule has 14 heteroatoms. The van der Waals surface area contributed by atoms with Crippen molar-refractivity contribution in [2.75, 3.05) is 26.4 Å². The van der Waals surface area contributed by atoms with Crippen LogP contribution in [0, 0.1) is 23.1 Å². The first-order chi connectivity index (χ1) is 21.3. The largest absolute Gasteiger partial charge is 0.416 e. The molecule has 1 aromatic heterocycles. The van der Waals surface area contributed by atoms with Crippen LogP contribution in [0.5, 0.6) is 0 Å². The zero-order chi connectivity index (χ0) is 32.4. The highest BCUT2D eigenvalue weighted by Crippen LogP contribution is 2.67. The number of amides is 2. The molecule has 0 unspecified atom stereocenters. The smallest absolute Gasteiger partial charge is 0.385 e. The summed E-state index contributed by atoms with van der Waals surface area (Å²) in [6.07, 6.45) is 4.93. The summed E-state index contributed by atoms with van der Waals surface area (Å²) < 4.78 is 40.9. The fourth-order valence-electron chi connectivity index (χ4n) is 5.64. The topological polar surface area (TPSA) is 130 Å². The second-order valence-electron chi connectivity index (χ2n) is 12.8. The molecule has 2 fully saturated rings. The molecule has 1 aromatic carbocycles. The Morgan fingerprint density at radius 3 is 2.67 bits per heavy atom. The van der Waals surface area contributed by atoms with Crippen molar-refractivity contribution in [3.05, 3.63) is 58.9 Å². The number of alkyl carbamates (subject to hydrolysis) is 1. The van der Waals surface area contributed by atoms with Gasteiger partial charge in [-0.25, -0.2) is 28.5 Å². The zero-order valence-electron chi connectivity index (χ0n) is 25.7. The lowest BCUT2D eigenvalue weighted by molar-refractivity contribution is -0.130. The summed E-state index contributed by atoms with van der Waals surface area (Å²) >= 11 is 1.10. The number of carbonyl (C=O) groups excluding carboxylic acids is 2. The molecule has 1 aliphatic carbocycles. The fraction of sp³-hybridized carbons (Fsp3) is 0.484. The molecular formula is C31H36F2N6O4SSi. The first kappa shape index (κ1) is 32.7. The van der Waals surface area contributed by atoms with Crippen molar-refractivity contribution in [2.24, 2.45) is 10.9 Å². The number of hydrogen-bond acceptors (Lipinski definition) is 9. The molecule has 45 heavy (non-hydrogen) atoms. The Morgan fingerprint density at radius 2 is 2.00 bits per heavy atom. The van der Waals surface area contributed by atoms with Gasteiger partial charge < -0.3 is 14.4 Å². The van der Waals surface area contributed by atoms with Crippen molar-refractivity contribution in [1.82, 2.24) is 20.2 Å². The van der Waals surface area contributed by atoms with Gasteiger partial charge in [0.1, 0.15) is 29.1 Å². The van der Waals surface area contributed by atoms with Crippen LogP contribution in [0.4, 0.5) is 13.6 Å². The lowest BCUT2D eigenvalue weighted by atomic mass is 9.84. The van der Waals surface area contributed by atoms with Crippen LogP contribution in [-0.4, -0.2) is 71.3 Å². The van der Waals surface area contributed by atoms with E-state index in [2.05, 4.69) is 34.9 Å². The van der Waals surface area contributed by atoms with E-state index >= 15 is 8.78 Å². The van der Waals surface area contributed by atoms with Crippen LogP contribution in [0.3, 0.4) is 0 Å². The summed E-state index contributed by atoms with van der Waals surface area (Å²) in [5.41, 5.74) is -0.844. The molecule has 0 spiro atoms. The number of fused-ring (bicyclic) bond motifs is 1. The number of thioether (sulfide) groups is 1. The summed E-state index contributed by atoms with van der Waals surface area (Å²) in [4.78, 5) is 40.9. The van der Waals surface area contributed by atoms with E-state index in [0.717, 1.165) is 43.0 Å². The lowest BCUT2D eigenvalue weighted by Crippen LogP contribution is -2.45. The second-order valence-corrected chi connectivity index (χ2v) is 19.7. The number of benzene rings is 1. The van der Waals surface area contributed by atoms with Gasteiger partial charge in [-0.1, -0.05) is 25.7 Å². The summed E-state index contributed by atoms with van der Waals surface area (Å²) in [5, 5.41) is 11.4. The number of hydrogen-bond donors (Lipinski definition) is 1. The molecule has 0 radical (unpaired) electrons. The third kappa shape index (κ3) is 7.26. The van der Waals surface area contributed by atoms with Gasteiger partial charge >= 0.3 is 6.09 Å². The molecule has 3 atom stereocenters. The molecule has 1 saturated heterocycles. The van der Waals surface area contributed by atoms with Crippen molar-refractivity contribution in [2.45, 2.75) is 62.2 Å². The Kier molecular flexibility index (Phi) is 9.43. The van der Waals surface area contributed by atoms with E-state index in [-0.39, 0.29) is 40.7 Å². The maximum Gasteiger partial charge on any atom is 0.416 e. The minimum Gasteiger partial charge on any atom is -0.385 e. The Balaban J connectivity index is 1.41. The fourth-order valence-corrected chi connectivity index (χ4v) is 7.90. The molecule has 2 amide bonds. The van der Waals surface area contributed by atoms with Gasteiger partial charge in [-0.2, -0.15) is 5.26 Å². The van der Waals surface area contributed by atoms with Crippen molar-refractivity contribution < 1.29 is 27.8 Å². The highest BCUT2D eigenvalue weighted by atomic mass is 32.2. The highest BCUT2D eigenvalue weighted by molar-refractivity contribution is 8.15. The number of carbonyl (C=O) groups is 2. The van der Waals surface area contributed by atoms with Crippen molar-refractivity contribution in [3.63, 3.8) is 0 Å². The first-order valence-electron chi connectivity index (χ1n) is 14.9. The van der Waals surface area contributed by atoms with E-state index in [9.17, 15) is 9.59 Å². The molecule has 0 bridgehead atoms. The molecule has 5 rings (SSSR count). The van der Waals surface area contributed by atoms with Crippen LogP contribution < -0.4 is 5.32 Å². The molecule has 238 valence electrons.